The van der Waals surface area contributed by atoms with E-state index in [9.17, 15) is 4.39 Å². The number of morpholine rings is 1. The molecule has 1 aliphatic heterocycles. The maximum atomic E-state index is 14.0. The molecule has 3 rings (SSSR count). The Hall–Kier alpha value is -1.79. The highest BCUT2D eigenvalue weighted by atomic mass is 19.1. The topological polar surface area (TPSA) is 43.2 Å². The molecule has 2 heterocycles. The number of para-hydroxylation sites is 1. The Morgan fingerprint density at radius 1 is 1.27 bits per heavy atom. The van der Waals surface area contributed by atoms with Gasteiger partial charge in [-0.15, -0.1) is 0 Å². The number of halogens is 1. The predicted molar refractivity (Wildman–Crippen MR) is 81.6 cm³/mol. The van der Waals surface area contributed by atoms with Crippen molar-refractivity contribution in [1.29, 1.82) is 0 Å². The van der Waals surface area contributed by atoms with Gasteiger partial charge in [-0.3, -0.25) is 4.90 Å². The second kappa shape index (κ2) is 6.54. The number of rotatable bonds is 4. The Labute approximate surface area is 129 Å². The lowest BCUT2D eigenvalue weighted by molar-refractivity contribution is 0.0199. The molecule has 0 spiro atoms. The zero-order valence-electron chi connectivity index (χ0n) is 13.0. The number of benzene rings is 1. The van der Waals surface area contributed by atoms with Crippen molar-refractivity contribution in [1.82, 2.24) is 19.7 Å². The minimum Gasteiger partial charge on any atom is -0.379 e. The van der Waals surface area contributed by atoms with Gasteiger partial charge < -0.3 is 4.74 Å². The third kappa shape index (κ3) is 3.18. The smallest absolute Gasteiger partial charge is 0.148 e. The zero-order valence-corrected chi connectivity index (χ0v) is 13.0. The largest absolute Gasteiger partial charge is 0.379 e. The Morgan fingerprint density at radius 2 is 2.00 bits per heavy atom. The van der Waals surface area contributed by atoms with Crippen molar-refractivity contribution >= 4 is 0 Å². The van der Waals surface area contributed by atoms with Crippen LogP contribution in [0.15, 0.2) is 24.3 Å². The van der Waals surface area contributed by atoms with Gasteiger partial charge in [0.15, 0.2) is 0 Å². The van der Waals surface area contributed by atoms with Gasteiger partial charge in [0.1, 0.15) is 23.2 Å². The van der Waals surface area contributed by atoms with Crippen molar-refractivity contribution in [2.24, 2.45) is 0 Å². The van der Waals surface area contributed by atoms with Crippen molar-refractivity contribution in [2.45, 2.75) is 26.3 Å². The van der Waals surface area contributed by atoms with E-state index in [-0.39, 0.29) is 5.82 Å². The maximum absolute atomic E-state index is 14.0. The van der Waals surface area contributed by atoms with E-state index in [1.54, 1.807) is 16.8 Å². The van der Waals surface area contributed by atoms with Crippen LogP contribution in [-0.2, 0) is 11.2 Å². The first-order valence-electron chi connectivity index (χ1n) is 7.64. The summed E-state index contributed by atoms with van der Waals surface area (Å²) in [6.07, 6.45) is 0.731. The average molecular weight is 304 g/mol. The number of aryl methyl sites for hydroxylation is 1. The van der Waals surface area contributed by atoms with Gasteiger partial charge in [-0.2, -0.15) is 5.10 Å². The molecule has 1 saturated heterocycles. The van der Waals surface area contributed by atoms with E-state index in [0.29, 0.717) is 17.6 Å². The first-order chi connectivity index (χ1) is 10.6. The molecule has 6 heteroatoms. The quantitative estimate of drug-likeness (QED) is 0.866. The van der Waals surface area contributed by atoms with Crippen LogP contribution in [0.5, 0.6) is 0 Å². The number of nitrogens with zero attached hydrogens (tertiary/aromatic N) is 4. The predicted octanol–water partition coefficient (Wildman–Crippen LogP) is 1.98. The summed E-state index contributed by atoms with van der Waals surface area (Å²) in [5, 5.41) is 4.36. The Kier molecular flexibility index (Phi) is 4.49. The number of ether oxygens (including phenoxy) is 1. The lowest BCUT2D eigenvalue weighted by atomic mass is 10.1. The van der Waals surface area contributed by atoms with Gasteiger partial charge in [0.05, 0.1) is 13.2 Å². The normalized spacial score (nSPS) is 17.6. The van der Waals surface area contributed by atoms with Crippen molar-refractivity contribution in [3.63, 3.8) is 0 Å². The highest BCUT2D eigenvalue weighted by Gasteiger charge is 2.21. The molecule has 5 nitrogen and oxygen atoms in total. The molecule has 2 aromatic rings. The van der Waals surface area contributed by atoms with Gasteiger partial charge in [-0.25, -0.2) is 14.1 Å². The molecule has 0 bridgehead atoms. The zero-order chi connectivity index (χ0) is 15.5. The Balaban J connectivity index is 1.83. The Morgan fingerprint density at radius 3 is 2.73 bits per heavy atom. The summed E-state index contributed by atoms with van der Waals surface area (Å²) in [6.45, 7) is 7.38. The van der Waals surface area contributed by atoms with E-state index in [0.717, 1.165) is 38.5 Å². The fourth-order valence-electron chi connectivity index (χ4n) is 2.82. The van der Waals surface area contributed by atoms with Crippen LogP contribution in [0.1, 0.15) is 18.6 Å². The Bertz CT molecular complexity index is 637. The minimum atomic E-state index is -0.285. The van der Waals surface area contributed by atoms with Crippen molar-refractivity contribution in [3.05, 3.63) is 41.7 Å². The molecule has 0 radical (unpaired) electrons. The third-order valence-electron chi connectivity index (χ3n) is 4.01. The second-order valence-corrected chi connectivity index (χ2v) is 5.64. The van der Waals surface area contributed by atoms with E-state index in [1.807, 2.05) is 13.0 Å². The molecule has 0 amide bonds. The number of hydrogen-bond donors (Lipinski definition) is 0. The number of aromatic nitrogens is 3. The van der Waals surface area contributed by atoms with Gasteiger partial charge in [0.2, 0.25) is 0 Å². The van der Waals surface area contributed by atoms with Crippen LogP contribution in [0.2, 0.25) is 0 Å². The van der Waals surface area contributed by atoms with Gasteiger partial charge in [0.25, 0.3) is 0 Å². The van der Waals surface area contributed by atoms with Crippen LogP contribution in [0.4, 0.5) is 4.39 Å². The summed E-state index contributed by atoms with van der Waals surface area (Å²) in [5.74, 6) is 1.17. The standard InChI is InChI=1S/C16H21FN4O/c1-12(20-7-9-22-10-8-20)11-16-18-13(2)19-21(16)15-6-4-3-5-14(15)17/h3-6,12H,7-11H2,1-2H3/t12-/m1/s1. The SMILES string of the molecule is Cc1nc(C[C@@H](C)N2CCOCC2)n(-c2ccccc2F)n1. The molecular formula is C16H21FN4O. The molecule has 1 aromatic carbocycles. The van der Waals surface area contributed by atoms with Crippen LogP contribution >= 0.6 is 0 Å². The molecule has 0 unspecified atom stereocenters. The van der Waals surface area contributed by atoms with Crippen LogP contribution < -0.4 is 0 Å². The summed E-state index contributed by atoms with van der Waals surface area (Å²) >= 11 is 0. The summed E-state index contributed by atoms with van der Waals surface area (Å²) in [7, 11) is 0. The lowest BCUT2D eigenvalue weighted by Crippen LogP contribution is -2.43. The monoisotopic (exact) mass is 304 g/mol. The first-order valence-corrected chi connectivity index (χ1v) is 7.64. The third-order valence-corrected chi connectivity index (χ3v) is 4.01. The first kappa shape index (κ1) is 15.1. The summed E-state index contributed by atoms with van der Waals surface area (Å²) in [5.41, 5.74) is 0.451. The molecule has 1 aliphatic rings. The van der Waals surface area contributed by atoms with Crippen molar-refractivity contribution < 1.29 is 9.13 Å². The fourth-order valence-corrected chi connectivity index (χ4v) is 2.82. The molecule has 0 aliphatic carbocycles. The van der Waals surface area contributed by atoms with Gasteiger partial charge in [-0.05, 0) is 26.0 Å². The summed E-state index contributed by atoms with van der Waals surface area (Å²) in [4.78, 5) is 6.86. The molecule has 1 atom stereocenters. The fraction of sp³-hybridized carbons (Fsp3) is 0.500. The summed E-state index contributed by atoms with van der Waals surface area (Å²) in [6, 6.07) is 6.98. The summed E-state index contributed by atoms with van der Waals surface area (Å²) < 4.78 is 21.1. The van der Waals surface area contributed by atoms with Gasteiger partial charge in [0, 0.05) is 25.6 Å². The van der Waals surface area contributed by atoms with E-state index < -0.39 is 0 Å². The van der Waals surface area contributed by atoms with Crippen LogP contribution in [-0.4, -0.2) is 52.0 Å². The van der Waals surface area contributed by atoms with Crippen molar-refractivity contribution in [2.75, 3.05) is 26.3 Å². The van der Waals surface area contributed by atoms with E-state index in [1.165, 1.54) is 6.07 Å². The van der Waals surface area contributed by atoms with E-state index in [2.05, 4.69) is 21.9 Å². The van der Waals surface area contributed by atoms with Crippen LogP contribution in [0.3, 0.4) is 0 Å². The van der Waals surface area contributed by atoms with E-state index in [4.69, 9.17) is 4.74 Å². The molecular weight excluding hydrogens is 283 g/mol. The van der Waals surface area contributed by atoms with Gasteiger partial charge in [-0.1, -0.05) is 12.1 Å². The molecule has 22 heavy (non-hydrogen) atoms. The molecule has 118 valence electrons. The molecule has 1 fully saturated rings. The minimum absolute atomic E-state index is 0.285. The van der Waals surface area contributed by atoms with E-state index >= 15 is 0 Å². The average Bonchev–Trinajstić information content (AvgIpc) is 2.89. The molecule has 0 saturated carbocycles. The van der Waals surface area contributed by atoms with Gasteiger partial charge >= 0.3 is 0 Å². The highest BCUT2D eigenvalue weighted by Crippen LogP contribution is 2.16. The molecule has 0 N–H and O–H groups in total. The van der Waals surface area contributed by atoms with Crippen LogP contribution in [0.25, 0.3) is 5.69 Å². The highest BCUT2D eigenvalue weighted by molar-refractivity contribution is 5.33. The second-order valence-electron chi connectivity index (χ2n) is 5.64. The van der Waals surface area contributed by atoms with Crippen molar-refractivity contribution in [3.8, 4) is 5.69 Å². The molecule has 1 aromatic heterocycles. The maximum Gasteiger partial charge on any atom is 0.148 e. The number of hydrogen-bond acceptors (Lipinski definition) is 4. The lowest BCUT2D eigenvalue weighted by Gasteiger charge is -2.32. The van der Waals surface area contributed by atoms with Crippen LogP contribution in [0, 0.1) is 12.7 Å².